The average molecular weight is 265 g/mol. The Hall–Kier alpha value is -1.74. The average Bonchev–Trinajstić information content (AvgIpc) is 2.96. The molecule has 0 saturated heterocycles. The smallest absolute Gasteiger partial charge is 0.258 e. The maximum absolute atomic E-state index is 5.78. The minimum absolute atomic E-state index is 0.272. The Labute approximate surface area is 104 Å². The first kappa shape index (κ1) is 10.4. The summed E-state index contributed by atoms with van der Waals surface area (Å²) in [6.45, 7) is 0. The number of nitrogens with two attached hydrogens (primary N) is 1. The molecule has 0 bridgehead atoms. The molecule has 0 atom stereocenters. The van der Waals surface area contributed by atoms with Gasteiger partial charge in [-0.05, 0) is 6.26 Å². The van der Waals surface area contributed by atoms with E-state index in [1.807, 2.05) is 11.6 Å². The SMILES string of the molecule is CSc1nc(N)n2nc(-c3cscn3)nc2n1. The van der Waals surface area contributed by atoms with Crippen molar-refractivity contribution in [3.8, 4) is 11.5 Å². The summed E-state index contributed by atoms with van der Waals surface area (Å²) in [7, 11) is 0. The molecule has 86 valence electrons. The van der Waals surface area contributed by atoms with Crippen molar-refractivity contribution >= 4 is 34.8 Å². The fraction of sp³-hybridized carbons (Fsp3) is 0.125. The molecule has 7 nitrogen and oxygen atoms in total. The van der Waals surface area contributed by atoms with Gasteiger partial charge in [0.15, 0.2) is 5.16 Å². The highest BCUT2D eigenvalue weighted by Gasteiger charge is 2.12. The Morgan fingerprint density at radius 3 is 2.94 bits per heavy atom. The van der Waals surface area contributed by atoms with E-state index >= 15 is 0 Å². The molecule has 0 unspecified atom stereocenters. The molecule has 0 aliphatic carbocycles. The predicted molar refractivity (Wildman–Crippen MR) is 65.9 cm³/mol. The number of fused-ring (bicyclic) bond motifs is 1. The summed E-state index contributed by atoms with van der Waals surface area (Å²) >= 11 is 2.89. The van der Waals surface area contributed by atoms with Gasteiger partial charge in [-0.15, -0.1) is 16.4 Å². The fourth-order valence-corrected chi connectivity index (χ4v) is 2.20. The minimum atomic E-state index is 0.272. The molecule has 3 rings (SSSR count). The van der Waals surface area contributed by atoms with E-state index in [4.69, 9.17) is 5.73 Å². The van der Waals surface area contributed by atoms with Crippen LogP contribution < -0.4 is 5.73 Å². The van der Waals surface area contributed by atoms with Crippen molar-refractivity contribution in [3.05, 3.63) is 10.9 Å². The van der Waals surface area contributed by atoms with Gasteiger partial charge < -0.3 is 5.73 Å². The standard InChI is InChI=1S/C8H7N7S2/c1-16-8-12-6(9)15-7(13-8)11-5(14-15)4-2-17-3-10-4/h2-3H,1H3,(H2,9,11,12,13,14). The van der Waals surface area contributed by atoms with Crippen LogP contribution in [0.4, 0.5) is 5.95 Å². The third kappa shape index (κ3) is 1.72. The zero-order chi connectivity index (χ0) is 11.8. The number of anilines is 1. The first-order valence-corrected chi connectivity index (χ1v) is 6.77. The topological polar surface area (TPSA) is 94.9 Å². The van der Waals surface area contributed by atoms with Crippen LogP contribution in [-0.2, 0) is 0 Å². The van der Waals surface area contributed by atoms with Crippen molar-refractivity contribution < 1.29 is 0 Å². The molecule has 17 heavy (non-hydrogen) atoms. The maximum atomic E-state index is 5.78. The zero-order valence-electron chi connectivity index (χ0n) is 8.73. The van der Waals surface area contributed by atoms with E-state index in [1.165, 1.54) is 27.6 Å². The summed E-state index contributed by atoms with van der Waals surface area (Å²) in [5.41, 5.74) is 8.22. The van der Waals surface area contributed by atoms with E-state index in [1.54, 1.807) is 5.51 Å². The number of nitrogens with zero attached hydrogens (tertiary/aromatic N) is 6. The molecule has 3 heterocycles. The van der Waals surface area contributed by atoms with E-state index < -0.39 is 0 Å². The molecule has 0 radical (unpaired) electrons. The Kier molecular flexibility index (Phi) is 2.41. The van der Waals surface area contributed by atoms with Gasteiger partial charge in [-0.2, -0.15) is 19.5 Å². The normalized spacial score (nSPS) is 11.1. The lowest BCUT2D eigenvalue weighted by Gasteiger charge is -1.97. The molecule has 9 heteroatoms. The van der Waals surface area contributed by atoms with Gasteiger partial charge >= 0.3 is 0 Å². The van der Waals surface area contributed by atoms with Crippen LogP contribution in [0.1, 0.15) is 0 Å². The molecule has 3 aromatic heterocycles. The third-order valence-electron chi connectivity index (χ3n) is 2.06. The molecular weight excluding hydrogens is 258 g/mol. The van der Waals surface area contributed by atoms with Crippen molar-refractivity contribution in [3.63, 3.8) is 0 Å². The van der Waals surface area contributed by atoms with E-state index in [0.29, 0.717) is 22.5 Å². The zero-order valence-corrected chi connectivity index (χ0v) is 10.4. The second kappa shape index (κ2) is 3.93. The van der Waals surface area contributed by atoms with Crippen LogP contribution in [0.2, 0.25) is 0 Å². The van der Waals surface area contributed by atoms with Gasteiger partial charge in [-0.3, -0.25) is 0 Å². The van der Waals surface area contributed by atoms with Gasteiger partial charge in [-0.1, -0.05) is 11.8 Å². The number of thiazole rings is 1. The maximum Gasteiger partial charge on any atom is 0.258 e. The fourth-order valence-electron chi connectivity index (χ4n) is 1.31. The van der Waals surface area contributed by atoms with E-state index in [9.17, 15) is 0 Å². The molecule has 0 fully saturated rings. The highest BCUT2D eigenvalue weighted by Crippen LogP contribution is 2.17. The number of thioether (sulfide) groups is 1. The summed E-state index contributed by atoms with van der Waals surface area (Å²) < 4.78 is 1.41. The second-order valence-corrected chi connectivity index (χ2v) is 4.58. The second-order valence-electron chi connectivity index (χ2n) is 3.09. The third-order valence-corrected chi connectivity index (χ3v) is 3.19. The monoisotopic (exact) mass is 265 g/mol. The lowest BCUT2D eigenvalue weighted by Crippen LogP contribution is -2.04. The molecule has 0 aliphatic heterocycles. The molecular formula is C8H7N7S2. The highest BCUT2D eigenvalue weighted by molar-refractivity contribution is 7.98. The Balaban J connectivity index is 2.22. The number of aromatic nitrogens is 6. The number of rotatable bonds is 2. The van der Waals surface area contributed by atoms with Crippen LogP contribution in [0.3, 0.4) is 0 Å². The predicted octanol–water partition coefficient (Wildman–Crippen LogP) is 0.947. The minimum Gasteiger partial charge on any atom is -0.368 e. The molecule has 0 aromatic carbocycles. The van der Waals surface area contributed by atoms with Gasteiger partial charge in [0, 0.05) is 5.38 Å². The van der Waals surface area contributed by atoms with Crippen molar-refractivity contribution in [1.29, 1.82) is 0 Å². The first-order chi connectivity index (χ1) is 8.28. The van der Waals surface area contributed by atoms with Crippen LogP contribution in [0.15, 0.2) is 16.0 Å². The van der Waals surface area contributed by atoms with Crippen LogP contribution in [0.5, 0.6) is 0 Å². The lowest BCUT2D eigenvalue weighted by atomic mass is 10.5. The van der Waals surface area contributed by atoms with Crippen LogP contribution in [-0.4, -0.2) is 35.8 Å². The van der Waals surface area contributed by atoms with Crippen LogP contribution >= 0.6 is 23.1 Å². The molecule has 2 N–H and O–H groups in total. The Bertz CT molecular complexity index is 660. The Morgan fingerprint density at radius 2 is 2.24 bits per heavy atom. The number of hydrogen-bond acceptors (Lipinski definition) is 8. The van der Waals surface area contributed by atoms with E-state index in [0.717, 1.165) is 0 Å². The summed E-state index contributed by atoms with van der Waals surface area (Å²) in [5.74, 6) is 1.21. The quantitative estimate of drug-likeness (QED) is 0.689. The molecule has 0 aliphatic rings. The van der Waals surface area contributed by atoms with Crippen molar-refractivity contribution in [2.24, 2.45) is 0 Å². The largest absolute Gasteiger partial charge is 0.368 e. The molecule has 0 saturated carbocycles. The van der Waals surface area contributed by atoms with E-state index in [-0.39, 0.29) is 5.95 Å². The van der Waals surface area contributed by atoms with Crippen molar-refractivity contribution in [1.82, 2.24) is 29.5 Å². The highest BCUT2D eigenvalue weighted by atomic mass is 32.2. The lowest BCUT2D eigenvalue weighted by molar-refractivity contribution is 0.851. The molecule has 0 spiro atoms. The van der Waals surface area contributed by atoms with Crippen LogP contribution in [0, 0.1) is 0 Å². The summed E-state index contributed by atoms with van der Waals surface area (Å²) in [6.07, 6.45) is 1.88. The van der Waals surface area contributed by atoms with Gasteiger partial charge in [-0.25, -0.2) is 4.98 Å². The summed E-state index contributed by atoms with van der Waals surface area (Å²) in [4.78, 5) is 16.7. The Morgan fingerprint density at radius 1 is 1.35 bits per heavy atom. The van der Waals surface area contributed by atoms with Gasteiger partial charge in [0.2, 0.25) is 11.8 Å². The van der Waals surface area contributed by atoms with Gasteiger partial charge in [0.05, 0.1) is 5.51 Å². The van der Waals surface area contributed by atoms with Crippen LogP contribution in [0.25, 0.3) is 17.3 Å². The van der Waals surface area contributed by atoms with Gasteiger partial charge in [0.1, 0.15) is 5.69 Å². The number of nitrogen functional groups attached to an aromatic ring is 1. The summed E-state index contributed by atoms with van der Waals surface area (Å²) in [6, 6.07) is 0. The van der Waals surface area contributed by atoms with Gasteiger partial charge in [0.25, 0.3) is 5.78 Å². The number of hydrogen-bond donors (Lipinski definition) is 1. The van der Waals surface area contributed by atoms with Crippen molar-refractivity contribution in [2.75, 3.05) is 12.0 Å². The first-order valence-electron chi connectivity index (χ1n) is 4.61. The summed E-state index contributed by atoms with van der Waals surface area (Å²) in [5, 5.41) is 6.67. The molecule has 3 aromatic rings. The van der Waals surface area contributed by atoms with E-state index in [2.05, 4.69) is 25.0 Å². The molecule has 0 amide bonds. The van der Waals surface area contributed by atoms with Crippen molar-refractivity contribution in [2.45, 2.75) is 5.16 Å².